The molecule has 0 bridgehead atoms. The van der Waals surface area contributed by atoms with Crippen LogP contribution in [0.4, 0.5) is 5.69 Å². The zero-order valence-corrected chi connectivity index (χ0v) is 10.5. The lowest BCUT2D eigenvalue weighted by molar-refractivity contribution is -0.171. The van der Waals surface area contributed by atoms with Crippen LogP contribution in [0.5, 0.6) is 0 Å². The van der Waals surface area contributed by atoms with E-state index in [1.54, 1.807) is 0 Å². The number of piperazine rings is 1. The minimum atomic E-state index is 0.447. The summed E-state index contributed by atoms with van der Waals surface area (Å²) in [7, 11) is 0. The molecule has 0 amide bonds. The molecule has 0 unspecified atom stereocenters. The number of benzene rings is 1. The zero-order chi connectivity index (χ0) is 12.6. The molecule has 1 fully saturated rings. The van der Waals surface area contributed by atoms with Gasteiger partial charge in [-0.2, -0.15) is 5.06 Å². The van der Waals surface area contributed by atoms with Crippen molar-refractivity contribution < 1.29 is 9.68 Å². The molecule has 98 valence electrons. The van der Waals surface area contributed by atoms with Crippen molar-refractivity contribution in [2.45, 2.75) is 0 Å². The molecule has 1 aromatic carbocycles. The maximum atomic E-state index is 5.56. The zero-order valence-electron chi connectivity index (χ0n) is 10.5. The normalized spacial score (nSPS) is 16.6. The van der Waals surface area contributed by atoms with E-state index >= 15 is 0 Å². The third-order valence-corrected chi connectivity index (χ3v) is 2.90. The highest BCUT2D eigenvalue weighted by molar-refractivity contribution is 5.46. The number of rotatable bonds is 6. The summed E-state index contributed by atoms with van der Waals surface area (Å²) in [6, 6.07) is 10.5. The number of oxime groups is 1. The number of anilines is 1. The van der Waals surface area contributed by atoms with Gasteiger partial charge in [0.05, 0.1) is 0 Å². The van der Waals surface area contributed by atoms with Crippen LogP contribution in [0.2, 0.25) is 0 Å². The molecule has 0 radical (unpaired) electrons. The predicted molar refractivity (Wildman–Crippen MR) is 71.7 cm³/mol. The van der Waals surface area contributed by atoms with Crippen LogP contribution < -0.4 is 4.90 Å². The van der Waals surface area contributed by atoms with Gasteiger partial charge in [-0.05, 0) is 12.1 Å². The van der Waals surface area contributed by atoms with Gasteiger partial charge in [-0.1, -0.05) is 18.2 Å². The Morgan fingerprint density at radius 2 is 1.78 bits per heavy atom. The monoisotopic (exact) mass is 249 g/mol. The summed E-state index contributed by atoms with van der Waals surface area (Å²) < 4.78 is 0. The van der Waals surface area contributed by atoms with Gasteiger partial charge in [-0.25, -0.2) is 0 Å². The second-order valence-corrected chi connectivity index (χ2v) is 4.05. The Labute approximate surface area is 108 Å². The van der Waals surface area contributed by atoms with Crippen LogP contribution in [0.3, 0.4) is 0 Å². The second kappa shape index (κ2) is 6.98. The predicted octanol–water partition coefficient (Wildman–Crippen LogP) is 1.37. The van der Waals surface area contributed by atoms with Gasteiger partial charge in [-0.15, -0.1) is 5.16 Å². The highest BCUT2D eigenvalue weighted by Gasteiger charge is 2.17. The SMILES string of the molecule is C=NOCCON1CCN(c2ccccc2)CC1. The largest absolute Gasteiger partial charge is 0.394 e. The van der Waals surface area contributed by atoms with Gasteiger partial charge in [0.15, 0.2) is 0 Å². The topological polar surface area (TPSA) is 37.3 Å². The van der Waals surface area contributed by atoms with E-state index in [9.17, 15) is 0 Å². The molecule has 2 rings (SSSR count). The van der Waals surface area contributed by atoms with Gasteiger partial charge >= 0.3 is 0 Å². The van der Waals surface area contributed by atoms with E-state index in [-0.39, 0.29) is 0 Å². The maximum absolute atomic E-state index is 5.56. The first-order chi connectivity index (χ1) is 8.90. The standard InChI is InChI=1S/C13H19N3O2/c1-14-17-11-12-18-16-9-7-15(8-10-16)13-5-3-2-4-6-13/h2-6H,1,7-12H2. The smallest absolute Gasteiger partial charge is 0.142 e. The summed E-state index contributed by atoms with van der Waals surface area (Å²) in [4.78, 5) is 12.7. The van der Waals surface area contributed by atoms with E-state index < -0.39 is 0 Å². The molecule has 0 spiro atoms. The first-order valence-corrected chi connectivity index (χ1v) is 6.16. The Kier molecular flexibility index (Phi) is 4.99. The lowest BCUT2D eigenvalue weighted by Gasteiger charge is -2.35. The molecule has 18 heavy (non-hydrogen) atoms. The van der Waals surface area contributed by atoms with E-state index in [4.69, 9.17) is 9.68 Å². The van der Waals surface area contributed by atoms with Gasteiger partial charge in [0, 0.05) is 38.6 Å². The molecule has 0 N–H and O–H groups in total. The van der Waals surface area contributed by atoms with Gasteiger partial charge in [0.25, 0.3) is 0 Å². The van der Waals surface area contributed by atoms with E-state index in [1.807, 2.05) is 11.1 Å². The molecule has 0 aromatic heterocycles. The third-order valence-electron chi connectivity index (χ3n) is 2.90. The Morgan fingerprint density at radius 3 is 2.44 bits per heavy atom. The first-order valence-electron chi connectivity index (χ1n) is 6.16. The quantitative estimate of drug-likeness (QED) is 0.433. The van der Waals surface area contributed by atoms with E-state index in [0.717, 1.165) is 26.2 Å². The fourth-order valence-corrected chi connectivity index (χ4v) is 1.98. The highest BCUT2D eigenvalue weighted by atomic mass is 16.7. The molecule has 5 nitrogen and oxygen atoms in total. The molecule has 0 aliphatic carbocycles. The summed E-state index contributed by atoms with van der Waals surface area (Å²) in [5.74, 6) is 0. The van der Waals surface area contributed by atoms with Crippen LogP contribution in [0.15, 0.2) is 35.5 Å². The first kappa shape index (κ1) is 12.9. The minimum Gasteiger partial charge on any atom is -0.394 e. The minimum absolute atomic E-state index is 0.447. The lowest BCUT2D eigenvalue weighted by atomic mass is 10.2. The lowest BCUT2D eigenvalue weighted by Crippen LogP contribution is -2.46. The summed E-state index contributed by atoms with van der Waals surface area (Å²) in [5.41, 5.74) is 1.27. The fraction of sp³-hybridized carbons (Fsp3) is 0.462. The van der Waals surface area contributed by atoms with Crippen LogP contribution in [-0.4, -0.2) is 51.2 Å². The maximum Gasteiger partial charge on any atom is 0.142 e. The van der Waals surface area contributed by atoms with Crippen molar-refractivity contribution in [3.63, 3.8) is 0 Å². The summed E-state index contributed by atoms with van der Waals surface area (Å²) in [6.07, 6.45) is 0. The fourth-order valence-electron chi connectivity index (χ4n) is 1.98. The Bertz CT molecular complexity index is 351. The molecule has 1 aliphatic heterocycles. The molecule has 1 aromatic rings. The molecule has 5 heteroatoms. The van der Waals surface area contributed by atoms with E-state index in [2.05, 4.69) is 41.0 Å². The Balaban J connectivity index is 1.70. The number of hydrogen-bond donors (Lipinski definition) is 0. The molecule has 1 saturated heterocycles. The van der Waals surface area contributed by atoms with Crippen molar-refractivity contribution in [1.29, 1.82) is 0 Å². The second-order valence-electron chi connectivity index (χ2n) is 4.05. The van der Waals surface area contributed by atoms with Crippen LogP contribution in [0.1, 0.15) is 0 Å². The summed E-state index contributed by atoms with van der Waals surface area (Å²) >= 11 is 0. The van der Waals surface area contributed by atoms with Crippen molar-refractivity contribution in [2.24, 2.45) is 5.16 Å². The van der Waals surface area contributed by atoms with Gasteiger partial charge in [-0.3, -0.25) is 4.84 Å². The van der Waals surface area contributed by atoms with Crippen LogP contribution >= 0.6 is 0 Å². The Hall–Kier alpha value is -1.59. The van der Waals surface area contributed by atoms with Crippen molar-refractivity contribution in [2.75, 3.05) is 44.3 Å². The van der Waals surface area contributed by atoms with Crippen LogP contribution in [0.25, 0.3) is 0 Å². The molecule has 0 saturated carbocycles. The Morgan fingerprint density at radius 1 is 1.06 bits per heavy atom. The highest BCUT2D eigenvalue weighted by Crippen LogP contribution is 2.15. The van der Waals surface area contributed by atoms with E-state index in [0.29, 0.717) is 13.2 Å². The summed E-state index contributed by atoms with van der Waals surface area (Å²) in [5, 5.41) is 5.29. The van der Waals surface area contributed by atoms with Crippen molar-refractivity contribution in [3.8, 4) is 0 Å². The molecular formula is C13H19N3O2. The number of hydrogen-bond acceptors (Lipinski definition) is 5. The van der Waals surface area contributed by atoms with E-state index in [1.165, 1.54) is 5.69 Å². The molecule has 1 heterocycles. The van der Waals surface area contributed by atoms with Crippen molar-refractivity contribution >= 4 is 12.4 Å². The van der Waals surface area contributed by atoms with Crippen molar-refractivity contribution in [3.05, 3.63) is 30.3 Å². The number of para-hydroxylation sites is 1. The summed E-state index contributed by atoms with van der Waals surface area (Å²) in [6.45, 7) is 7.96. The van der Waals surface area contributed by atoms with Gasteiger partial charge in [0.1, 0.15) is 13.2 Å². The van der Waals surface area contributed by atoms with Crippen molar-refractivity contribution in [1.82, 2.24) is 5.06 Å². The molecule has 0 atom stereocenters. The van der Waals surface area contributed by atoms with Gasteiger partial charge in [0.2, 0.25) is 0 Å². The number of nitrogens with zero attached hydrogens (tertiary/aromatic N) is 3. The van der Waals surface area contributed by atoms with Gasteiger partial charge < -0.3 is 9.74 Å². The van der Waals surface area contributed by atoms with Crippen LogP contribution in [-0.2, 0) is 9.68 Å². The number of hydroxylamine groups is 2. The average Bonchev–Trinajstić information content (AvgIpc) is 2.45. The molecular weight excluding hydrogens is 230 g/mol. The third kappa shape index (κ3) is 3.72. The average molecular weight is 249 g/mol. The molecule has 1 aliphatic rings. The van der Waals surface area contributed by atoms with Crippen LogP contribution in [0, 0.1) is 0 Å².